The van der Waals surface area contributed by atoms with Gasteiger partial charge in [0.25, 0.3) is 0 Å². The summed E-state index contributed by atoms with van der Waals surface area (Å²) >= 11 is 0. The molecule has 0 saturated carbocycles. The van der Waals surface area contributed by atoms with Gasteiger partial charge in [-0.05, 0) is 47.1 Å². The Morgan fingerprint density at radius 3 is 2.03 bits per heavy atom. The molecule has 0 radical (unpaired) electrons. The van der Waals surface area contributed by atoms with E-state index in [0.29, 0.717) is 12.1 Å². The van der Waals surface area contributed by atoms with Gasteiger partial charge >= 0.3 is 17.8 Å². The predicted octanol–water partition coefficient (Wildman–Crippen LogP) is 6.91. The van der Waals surface area contributed by atoms with Crippen molar-refractivity contribution in [2.45, 2.75) is 52.6 Å². The van der Waals surface area contributed by atoms with Crippen molar-refractivity contribution in [3.8, 4) is 11.5 Å². The number of hydrogen-bond acceptors (Lipinski definition) is 5. The number of methoxy groups -OCH3 is 1. The zero-order valence-electron chi connectivity index (χ0n) is 18.8. The van der Waals surface area contributed by atoms with Crippen molar-refractivity contribution in [2.24, 2.45) is 5.41 Å². The fourth-order valence-corrected chi connectivity index (χ4v) is 3.78. The number of nitrogens with zero attached hydrogens (tertiary/aromatic N) is 1. The van der Waals surface area contributed by atoms with E-state index in [9.17, 15) is 28.1 Å². The lowest BCUT2D eigenvalue weighted by Gasteiger charge is -2.33. The third kappa shape index (κ3) is 5.99. The van der Waals surface area contributed by atoms with E-state index in [1.807, 2.05) is 13.8 Å². The Balaban J connectivity index is 2.55. The molecule has 0 atom stereocenters. The molecular formula is C23H26F3NO5. The van der Waals surface area contributed by atoms with Crippen molar-refractivity contribution < 1.29 is 32.4 Å². The number of rotatable bonds is 6. The molecule has 0 aliphatic heterocycles. The number of nitro benzene ring substituents is 1. The lowest BCUT2D eigenvalue weighted by atomic mass is 9.72. The summed E-state index contributed by atoms with van der Waals surface area (Å²) in [5.41, 5.74) is -1.52. The van der Waals surface area contributed by atoms with Gasteiger partial charge in [-0.15, -0.1) is 0 Å². The molecule has 0 aromatic heterocycles. The summed E-state index contributed by atoms with van der Waals surface area (Å²) in [7, 11) is 1.18. The molecule has 2 aromatic rings. The van der Waals surface area contributed by atoms with Crippen molar-refractivity contribution in [1.82, 2.24) is 0 Å². The van der Waals surface area contributed by atoms with Crippen molar-refractivity contribution >= 4 is 11.7 Å². The quantitative estimate of drug-likeness (QED) is 0.270. The number of halogens is 3. The molecule has 0 unspecified atom stereocenters. The Morgan fingerprint density at radius 2 is 1.53 bits per heavy atom. The van der Waals surface area contributed by atoms with Crippen molar-refractivity contribution in [3.05, 3.63) is 63.2 Å². The summed E-state index contributed by atoms with van der Waals surface area (Å²) < 4.78 is 49.2. The first-order chi connectivity index (χ1) is 14.5. The standard InChI is InChI=1S/C23H26F3NO5/c1-21(2,3)13-22(4,5)14-7-9-18(16(11-14)20(28)31-6)32-19-10-8-15(23(24,25)26)12-17(19)27(29)30/h7-12H,13H2,1-6H3. The normalized spacial score (nSPS) is 12.4. The number of ether oxygens (including phenoxy) is 2. The third-order valence-corrected chi connectivity index (χ3v) is 4.84. The molecule has 32 heavy (non-hydrogen) atoms. The lowest BCUT2D eigenvalue weighted by molar-refractivity contribution is -0.385. The number of esters is 1. The maximum atomic E-state index is 13.0. The maximum Gasteiger partial charge on any atom is 0.416 e. The van der Waals surface area contributed by atoms with Crippen LogP contribution < -0.4 is 4.74 Å². The number of benzene rings is 2. The Labute approximate surface area is 184 Å². The minimum atomic E-state index is -4.75. The third-order valence-electron chi connectivity index (χ3n) is 4.84. The lowest BCUT2D eigenvalue weighted by Crippen LogP contribution is -2.25. The molecule has 0 N–H and O–H groups in total. The van der Waals surface area contributed by atoms with Gasteiger partial charge < -0.3 is 9.47 Å². The van der Waals surface area contributed by atoms with Crippen LogP contribution in [0.15, 0.2) is 36.4 Å². The fraction of sp³-hybridized carbons (Fsp3) is 0.435. The first-order valence-corrected chi connectivity index (χ1v) is 9.81. The number of carbonyl (C=O) groups excluding carboxylic acids is 1. The first kappa shape index (κ1) is 25.2. The van der Waals surface area contributed by atoms with Crippen LogP contribution >= 0.6 is 0 Å². The highest BCUT2D eigenvalue weighted by molar-refractivity contribution is 5.93. The second-order valence-corrected chi connectivity index (χ2v) is 9.36. The summed E-state index contributed by atoms with van der Waals surface area (Å²) in [6, 6.07) is 6.72. The summed E-state index contributed by atoms with van der Waals surface area (Å²) in [5.74, 6) is -1.21. The van der Waals surface area contributed by atoms with Gasteiger partial charge in [0.1, 0.15) is 11.3 Å². The van der Waals surface area contributed by atoms with Crippen molar-refractivity contribution in [1.29, 1.82) is 0 Å². The van der Waals surface area contributed by atoms with Gasteiger partial charge in [-0.2, -0.15) is 13.2 Å². The highest BCUT2D eigenvalue weighted by Gasteiger charge is 2.34. The summed E-state index contributed by atoms with van der Waals surface area (Å²) in [5, 5.41) is 11.4. The molecule has 0 fully saturated rings. The molecule has 0 aliphatic rings. The smallest absolute Gasteiger partial charge is 0.416 e. The Kier molecular flexibility index (Phi) is 6.92. The molecular weight excluding hydrogens is 427 g/mol. The van der Waals surface area contributed by atoms with Gasteiger partial charge in [0.15, 0.2) is 0 Å². The molecule has 174 valence electrons. The van der Waals surface area contributed by atoms with E-state index < -0.39 is 34.1 Å². The van der Waals surface area contributed by atoms with E-state index >= 15 is 0 Å². The van der Waals surface area contributed by atoms with Crippen molar-refractivity contribution in [3.63, 3.8) is 0 Å². The molecule has 2 rings (SSSR count). The number of nitro groups is 1. The Hall–Kier alpha value is -3.10. The Morgan fingerprint density at radius 1 is 0.969 bits per heavy atom. The Bertz CT molecular complexity index is 1020. The fourth-order valence-electron chi connectivity index (χ4n) is 3.78. The van der Waals surface area contributed by atoms with E-state index in [0.717, 1.165) is 18.1 Å². The van der Waals surface area contributed by atoms with Gasteiger partial charge in [-0.25, -0.2) is 4.79 Å². The van der Waals surface area contributed by atoms with E-state index in [-0.39, 0.29) is 22.1 Å². The number of hydrogen-bond donors (Lipinski definition) is 0. The molecule has 0 heterocycles. The minimum Gasteiger partial charge on any atom is -0.465 e. The van der Waals surface area contributed by atoms with Gasteiger partial charge in [-0.3, -0.25) is 10.1 Å². The van der Waals surface area contributed by atoms with Gasteiger partial charge in [0.05, 0.1) is 17.6 Å². The largest absolute Gasteiger partial charge is 0.465 e. The number of alkyl halides is 3. The van der Waals surface area contributed by atoms with Crippen LogP contribution in [0.3, 0.4) is 0 Å². The zero-order valence-corrected chi connectivity index (χ0v) is 18.8. The van der Waals surface area contributed by atoms with Crippen LogP contribution in [-0.4, -0.2) is 18.0 Å². The molecule has 6 nitrogen and oxygen atoms in total. The van der Waals surface area contributed by atoms with Gasteiger partial charge in [0.2, 0.25) is 5.75 Å². The van der Waals surface area contributed by atoms with E-state index in [1.54, 1.807) is 12.1 Å². The maximum absolute atomic E-state index is 13.0. The van der Waals surface area contributed by atoms with E-state index in [1.165, 1.54) is 13.2 Å². The summed E-state index contributed by atoms with van der Waals surface area (Å²) in [6.07, 6.45) is -3.95. The monoisotopic (exact) mass is 453 g/mol. The topological polar surface area (TPSA) is 78.7 Å². The molecule has 2 aromatic carbocycles. The van der Waals surface area contributed by atoms with E-state index in [4.69, 9.17) is 9.47 Å². The molecule has 0 saturated heterocycles. The van der Waals surface area contributed by atoms with Crippen LogP contribution in [-0.2, 0) is 16.3 Å². The second-order valence-electron chi connectivity index (χ2n) is 9.36. The molecule has 9 heteroatoms. The van der Waals surface area contributed by atoms with Crippen LogP contribution in [0.25, 0.3) is 0 Å². The highest BCUT2D eigenvalue weighted by atomic mass is 19.4. The average Bonchev–Trinajstić information content (AvgIpc) is 2.64. The SMILES string of the molecule is COC(=O)c1cc(C(C)(C)CC(C)(C)C)ccc1Oc1ccc(C(F)(F)F)cc1[N+](=O)[O-]. The minimum absolute atomic E-state index is 0.00490. The van der Waals surface area contributed by atoms with Crippen LogP contribution in [0.5, 0.6) is 11.5 Å². The van der Waals surface area contributed by atoms with E-state index in [2.05, 4.69) is 20.8 Å². The van der Waals surface area contributed by atoms with Crippen molar-refractivity contribution in [2.75, 3.05) is 7.11 Å². The summed E-state index contributed by atoms with van der Waals surface area (Å²) in [6.45, 7) is 10.3. The van der Waals surface area contributed by atoms with Crippen LogP contribution in [0, 0.1) is 15.5 Å². The molecule has 0 aliphatic carbocycles. The van der Waals surface area contributed by atoms with Gasteiger partial charge in [0, 0.05) is 6.07 Å². The summed E-state index contributed by atoms with van der Waals surface area (Å²) in [4.78, 5) is 22.8. The molecule has 0 amide bonds. The molecule has 0 spiro atoms. The van der Waals surface area contributed by atoms with Crippen LogP contribution in [0.1, 0.15) is 62.5 Å². The second kappa shape index (κ2) is 8.80. The average molecular weight is 453 g/mol. The van der Waals surface area contributed by atoms with Gasteiger partial charge in [-0.1, -0.05) is 40.7 Å². The highest BCUT2D eigenvalue weighted by Crippen LogP contribution is 2.41. The predicted molar refractivity (Wildman–Crippen MR) is 113 cm³/mol. The first-order valence-electron chi connectivity index (χ1n) is 9.81. The van der Waals surface area contributed by atoms with Crippen LogP contribution in [0.2, 0.25) is 0 Å². The number of carbonyl (C=O) groups is 1. The zero-order chi connectivity index (χ0) is 24.5. The van der Waals surface area contributed by atoms with Crippen LogP contribution in [0.4, 0.5) is 18.9 Å². The molecule has 0 bridgehead atoms.